The normalized spacial score (nSPS) is 16.0. The van der Waals surface area contributed by atoms with E-state index in [4.69, 9.17) is 0 Å². The fraction of sp³-hybridized carbons (Fsp3) is 0.556. The van der Waals surface area contributed by atoms with Gasteiger partial charge in [0.15, 0.2) is 0 Å². The minimum Gasteiger partial charge on any atom is -0.337 e. The van der Waals surface area contributed by atoms with Gasteiger partial charge in [0.2, 0.25) is 0 Å². The van der Waals surface area contributed by atoms with Crippen LogP contribution in [0.25, 0.3) is 0 Å². The highest BCUT2D eigenvalue weighted by atomic mass is 16.2. The summed E-state index contributed by atoms with van der Waals surface area (Å²) < 4.78 is 0. The molecule has 1 aliphatic rings. The van der Waals surface area contributed by atoms with Gasteiger partial charge in [-0.1, -0.05) is 17.7 Å². The number of aryl methyl sites for hydroxylation is 1. The van der Waals surface area contributed by atoms with Gasteiger partial charge in [0, 0.05) is 37.3 Å². The molecule has 0 spiro atoms. The molecule has 1 heterocycles. The Bertz CT molecular complexity index is 578. The number of hydrogen-bond acceptors (Lipinski definition) is 2. The van der Waals surface area contributed by atoms with Crippen molar-refractivity contribution in [2.24, 2.45) is 0 Å². The van der Waals surface area contributed by atoms with Gasteiger partial charge in [0.1, 0.15) is 0 Å². The maximum Gasteiger partial charge on any atom is 0.317 e. The van der Waals surface area contributed by atoms with Gasteiger partial charge in [-0.3, -0.25) is 4.79 Å². The molecule has 1 N–H and O–H groups in total. The lowest BCUT2D eigenvalue weighted by atomic mass is 10.1. The van der Waals surface area contributed by atoms with Gasteiger partial charge in [-0.2, -0.15) is 0 Å². The van der Waals surface area contributed by atoms with Crippen LogP contribution < -0.4 is 5.32 Å². The third-order valence-electron chi connectivity index (χ3n) is 3.82. The Hall–Kier alpha value is -2.04. The van der Waals surface area contributed by atoms with Gasteiger partial charge in [-0.25, -0.2) is 4.79 Å². The SMILES string of the molecule is Cc1cccc(C(=O)N2CCCN(C(=O)NC(C)(C)C)CC2)c1. The minimum atomic E-state index is -0.250. The lowest BCUT2D eigenvalue weighted by Gasteiger charge is -2.27. The Morgan fingerprint density at radius 3 is 2.35 bits per heavy atom. The van der Waals surface area contributed by atoms with E-state index in [9.17, 15) is 9.59 Å². The van der Waals surface area contributed by atoms with Crippen LogP contribution in [-0.2, 0) is 0 Å². The molecule has 0 atom stereocenters. The summed E-state index contributed by atoms with van der Waals surface area (Å²) in [4.78, 5) is 28.5. The minimum absolute atomic E-state index is 0.0479. The van der Waals surface area contributed by atoms with Crippen molar-refractivity contribution in [3.63, 3.8) is 0 Å². The molecule has 3 amide bonds. The number of carbonyl (C=O) groups excluding carboxylic acids is 2. The molecule has 0 saturated carbocycles. The topological polar surface area (TPSA) is 52.7 Å². The first kappa shape index (κ1) is 17.3. The summed E-state index contributed by atoms with van der Waals surface area (Å²) >= 11 is 0. The van der Waals surface area contributed by atoms with Crippen LogP contribution in [0.15, 0.2) is 24.3 Å². The lowest BCUT2D eigenvalue weighted by Crippen LogP contribution is -2.49. The number of nitrogens with zero attached hydrogens (tertiary/aromatic N) is 2. The highest BCUT2D eigenvalue weighted by Gasteiger charge is 2.24. The Labute approximate surface area is 138 Å². The summed E-state index contributed by atoms with van der Waals surface area (Å²) in [6, 6.07) is 7.60. The zero-order valence-electron chi connectivity index (χ0n) is 14.6. The van der Waals surface area contributed by atoms with E-state index >= 15 is 0 Å². The van der Waals surface area contributed by atoms with Crippen LogP contribution in [0.4, 0.5) is 4.79 Å². The molecular formula is C18H27N3O2. The number of nitrogens with one attached hydrogen (secondary N) is 1. The lowest BCUT2D eigenvalue weighted by molar-refractivity contribution is 0.0762. The maximum atomic E-state index is 12.6. The predicted molar refractivity (Wildman–Crippen MR) is 91.6 cm³/mol. The maximum absolute atomic E-state index is 12.6. The molecule has 23 heavy (non-hydrogen) atoms. The summed E-state index contributed by atoms with van der Waals surface area (Å²) in [7, 11) is 0. The first-order chi connectivity index (χ1) is 10.8. The van der Waals surface area contributed by atoms with E-state index in [1.165, 1.54) is 0 Å². The van der Waals surface area contributed by atoms with E-state index < -0.39 is 0 Å². The van der Waals surface area contributed by atoms with Crippen LogP contribution in [0.1, 0.15) is 43.1 Å². The van der Waals surface area contributed by atoms with Crippen LogP contribution in [0.3, 0.4) is 0 Å². The van der Waals surface area contributed by atoms with Crippen molar-refractivity contribution < 1.29 is 9.59 Å². The van der Waals surface area contributed by atoms with Crippen molar-refractivity contribution in [1.29, 1.82) is 0 Å². The molecule has 1 saturated heterocycles. The second-order valence-corrected chi connectivity index (χ2v) is 7.18. The number of rotatable bonds is 1. The fourth-order valence-corrected chi connectivity index (χ4v) is 2.68. The summed E-state index contributed by atoms with van der Waals surface area (Å²) in [6.45, 7) is 10.4. The standard InChI is InChI=1S/C18H27N3O2/c1-14-7-5-8-15(13-14)16(22)20-9-6-10-21(12-11-20)17(23)19-18(2,3)4/h5,7-8,13H,6,9-12H2,1-4H3,(H,19,23). The quantitative estimate of drug-likeness (QED) is 0.866. The Kier molecular flexibility index (Phi) is 5.29. The monoisotopic (exact) mass is 317 g/mol. The third kappa shape index (κ3) is 4.98. The zero-order chi connectivity index (χ0) is 17.0. The molecular weight excluding hydrogens is 290 g/mol. The molecule has 0 unspecified atom stereocenters. The van der Waals surface area contributed by atoms with Crippen LogP contribution in [-0.4, -0.2) is 53.5 Å². The van der Waals surface area contributed by atoms with E-state index in [1.807, 2.05) is 56.9 Å². The summed E-state index contributed by atoms with van der Waals surface area (Å²) in [5.74, 6) is 0.0479. The molecule has 126 valence electrons. The Balaban J connectivity index is 1.98. The van der Waals surface area contributed by atoms with Crippen molar-refractivity contribution in [3.05, 3.63) is 35.4 Å². The highest BCUT2D eigenvalue weighted by molar-refractivity contribution is 5.94. The van der Waals surface area contributed by atoms with Crippen molar-refractivity contribution >= 4 is 11.9 Å². The van der Waals surface area contributed by atoms with E-state index in [-0.39, 0.29) is 17.5 Å². The van der Waals surface area contributed by atoms with E-state index in [0.29, 0.717) is 26.2 Å². The molecule has 0 aliphatic carbocycles. The fourth-order valence-electron chi connectivity index (χ4n) is 2.68. The predicted octanol–water partition coefficient (Wildman–Crippen LogP) is 2.65. The molecule has 1 aliphatic heterocycles. The average Bonchev–Trinajstić information content (AvgIpc) is 2.70. The molecule has 2 rings (SSSR count). The molecule has 0 aromatic heterocycles. The molecule has 5 nitrogen and oxygen atoms in total. The average molecular weight is 317 g/mol. The van der Waals surface area contributed by atoms with E-state index in [0.717, 1.165) is 17.5 Å². The van der Waals surface area contributed by atoms with Crippen molar-refractivity contribution in [1.82, 2.24) is 15.1 Å². The molecule has 1 aromatic carbocycles. The number of benzene rings is 1. The number of amides is 3. The van der Waals surface area contributed by atoms with Crippen LogP contribution in [0.2, 0.25) is 0 Å². The van der Waals surface area contributed by atoms with E-state index in [1.54, 1.807) is 4.90 Å². The Morgan fingerprint density at radius 2 is 1.70 bits per heavy atom. The molecule has 1 fully saturated rings. The van der Waals surface area contributed by atoms with Gasteiger partial charge in [-0.05, 0) is 46.2 Å². The number of hydrogen-bond donors (Lipinski definition) is 1. The van der Waals surface area contributed by atoms with Crippen LogP contribution in [0, 0.1) is 6.92 Å². The van der Waals surface area contributed by atoms with Gasteiger partial charge >= 0.3 is 6.03 Å². The number of urea groups is 1. The zero-order valence-corrected chi connectivity index (χ0v) is 14.6. The molecule has 5 heteroatoms. The smallest absolute Gasteiger partial charge is 0.317 e. The summed E-state index contributed by atoms with van der Waals surface area (Å²) in [6.07, 6.45) is 0.801. The van der Waals surface area contributed by atoms with Gasteiger partial charge < -0.3 is 15.1 Å². The molecule has 1 aromatic rings. The summed E-state index contributed by atoms with van der Waals surface area (Å²) in [5, 5.41) is 2.98. The van der Waals surface area contributed by atoms with Crippen molar-refractivity contribution in [2.75, 3.05) is 26.2 Å². The first-order valence-corrected chi connectivity index (χ1v) is 8.19. The van der Waals surface area contributed by atoms with Crippen molar-refractivity contribution in [3.8, 4) is 0 Å². The van der Waals surface area contributed by atoms with Gasteiger partial charge in [0.25, 0.3) is 5.91 Å². The molecule has 0 radical (unpaired) electrons. The largest absolute Gasteiger partial charge is 0.337 e. The summed E-state index contributed by atoms with van der Waals surface area (Å²) in [5.41, 5.74) is 1.55. The van der Waals surface area contributed by atoms with Crippen LogP contribution in [0.5, 0.6) is 0 Å². The Morgan fingerprint density at radius 1 is 1.04 bits per heavy atom. The second-order valence-electron chi connectivity index (χ2n) is 7.18. The van der Waals surface area contributed by atoms with Gasteiger partial charge in [0.05, 0.1) is 0 Å². The number of carbonyl (C=O) groups is 2. The van der Waals surface area contributed by atoms with Crippen LogP contribution >= 0.6 is 0 Å². The molecule has 0 bridgehead atoms. The van der Waals surface area contributed by atoms with Gasteiger partial charge in [-0.15, -0.1) is 0 Å². The first-order valence-electron chi connectivity index (χ1n) is 8.19. The highest BCUT2D eigenvalue weighted by Crippen LogP contribution is 2.12. The third-order valence-corrected chi connectivity index (χ3v) is 3.82. The van der Waals surface area contributed by atoms with E-state index in [2.05, 4.69) is 5.32 Å². The van der Waals surface area contributed by atoms with Crippen molar-refractivity contribution in [2.45, 2.75) is 39.7 Å². The second kappa shape index (κ2) is 7.02.